The molecule has 0 fully saturated rings. The molecule has 1 amide bonds. The number of pyridine rings is 1. The van der Waals surface area contributed by atoms with Gasteiger partial charge in [-0.3, -0.25) is 9.59 Å². The molecule has 6 heteroatoms. The zero-order valence-electron chi connectivity index (χ0n) is 12.1. The van der Waals surface area contributed by atoms with Crippen LogP contribution in [0.15, 0.2) is 53.5 Å². The Kier molecular flexibility index (Phi) is 3.57. The highest BCUT2D eigenvalue weighted by molar-refractivity contribution is 5.99. The third-order valence-electron chi connectivity index (χ3n) is 3.70. The number of aromatic nitrogens is 1. The average molecular weight is 311 g/mol. The molecule has 116 valence electrons. The topological polar surface area (TPSA) is 91.1 Å². The van der Waals surface area contributed by atoms with Gasteiger partial charge in [0.2, 0.25) is 5.43 Å². The minimum atomic E-state index is -0.845. The van der Waals surface area contributed by atoms with E-state index in [9.17, 15) is 14.0 Å². The number of nitrogens with two attached hydrogens (primary N) is 2. The lowest BCUT2D eigenvalue weighted by Gasteiger charge is -2.14. The van der Waals surface area contributed by atoms with Crippen molar-refractivity contribution >= 4 is 22.5 Å². The fourth-order valence-corrected chi connectivity index (χ4v) is 2.58. The maximum Gasteiger partial charge on any atom is 0.254 e. The fraction of sp³-hybridized carbons (Fsp3) is 0.0588. The third kappa shape index (κ3) is 2.55. The zero-order chi connectivity index (χ0) is 16.6. The zero-order valence-corrected chi connectivity index (χ0v) is 12.1. The van der Waals surface area contributed by atoms with Gasteiger partial charge in [0.15, 0.2) is 0 Å². The molecular weight excluding hydrogens is 297 g/mol. The average Bonchev–Trinajstić information content (AvgIpc) is 2.51. The van der Waals surface area contributed by atoms with Gasteiger partial charge >= 0.3 is 0 Å². The molecule has 23 heavy (non-hydrogen) atoms. The van der Waals surface area contributed by atoms with Gasteiger partial charge in [0.1, 0.15) is 11.4 Å². The molecule has 0 aliphatic rings. The van der Waals surface area contributed by atoms with Crippen LogP contribution in [0, 0.1) is 5.82 Å². The van der Waals surface area contributed by atoms with Crippen LogP contribution in [0.2, 0.25) is 0 Å². The predicted octanol–water partition coefficient (Wildman–Crippen LogP) is 1.87. The van der Waals surface area contributed by atoms with Crippen LogP contribution in [0.5, 0.6) is 0 Å². The molecule has 1 heterocycles. The number of nitrogen functional groups attached to an aromatic ring is 1. The summed E-state index contributed by atoms with van der Waals surface area (Å²) in [6.45, 7) is 0.146. The Hall–Kier alpha value is -3.15. The molecular formula is C17H14FN3O2. The van der Waals surface area contributed by atoms with Crippen LogP contribution in [0.25, 0.3) is 10.9 Å². The molecule has 0 atom stereocenters. The van der Waals surface area contributed by atoms with Gasteiger partial charge in [0.25, 0.3) is 5.91 Å². The fourth-order valence-electron chi connectivity index (χ4n) is 2.58. The van der Waals surface area contributed by atoms with Crippen molar-refractivity contribution in [2.45, 2.75) is 6.54 Å². The summed E-state index contributed by atoms with van der Waals surface area (Å²) in [6.07, 6.45) is 1.35. The van der Waals surface area contributed by atoms with Crippen LogP contribution >= 0.6 is 0 Å². The van der Waals surface area contributed by atoms with E-state index in [0.29, 0.717) is 11.1 Å². The number of halogens is 1. The van der Waals surface area contributed by atoms with Crippen LogP contribution in [0.3, 0.4) is 0 Å². The van der Waals surface area contributed by atoms with Gasteiger partial charge < -0.3 is 16.0 Å². The molecule has 0 saturated heterocycles. The Labute approximate surface area is 130 Å². The van der Waals surface area contributed by atoms with E-state index in [1.54, 1.807) is 41.0 Å². The molecule has 0 radical (unpaired) electrons. The number of benzene rings is 2. The van der Waals surface area contributed by atoms with Crippen molar-refractivity contribution in [2.75, 3.05) is 5.73 Å². The minimum Gasteiger partial charge on any atom is -0.398 e. The standard InChI is InChI=1S/C17H14FN3O2/c18-12-5-2-1-4-10(12)8-21-9-11(17(20)23)16(22)15-13(19)6-3-7-14(15)21/h1-7,9H,8,19H2,(H2,20,23). The molecule has 0 saturated carbocycles. The number of fused-ring (bicyclic) bond motifs is 1. The van der Waals surface area contributed by atoms with Gasteiger partial charge in [-0.25, -0.2) is 4.39 Å². The molecule has 2 aromatic carbocycles. The summed E-state index contributed by atoms with van der Waals surface area (Å²) < 4.78 is 15.5. The van der Waals surface area contributed by atoms with E-state index in [1.807, 2.05) is 0 Å². The van der Waals surface area contributed by atoms with Gasteiger partial charge in [0.05, 0.1) is 17.4 Å². The van der Waals surface area contributed by atoms with E-state index in [2.05, 4.69) is 0 Å². The van der Waals surface area contributed by atoms with E-state index in [0.717, 1.165) is 0 Å². The lowest BCUT2D eigenvalue weighted by Crippen LogP contribution is -2.25. The Balaban J connectivity index is 2.30. The van der Waals surface area contributed by atoms with E-state index in [1.165, 1.54) is 12.3 Å². The van der Waals surface area contributed by atoms with Crippen LogP contribution in [0.4, 0.5) is 10.1 Å². The van der Waals surface area contributed by atoms with Gasteiger partial charge in [-0.15, -0.1) is 0 Å². The van der Waals surface area contributed by atoms with E-state index >= 15 is 0 Å². The third-order valence-corrected chi connectivity index (χ3v) is 3.70. The van der Waals surface area contributed by atoms with Crippen molar-refractivity contribution in [2.24, 2.45) is 5.73 Å². The molecule has 0 unspecified atom stereocenters. The van der Waals surface area contributed by atoms with Crippen molar-refractivity contribution in [1.82, 2.24) is 4.57 Å². The van der Waals surface area contributed by atoms with Gasteiger partial charge in [-0.2, -0.15) is 0 Å². The number of carbonyl (C=O) groups is 1. The first kappa shape index (κ1) is 14.8. The van der Waals surface area contributed by atoms with E-state index < -0.39 is 11.3 Å². The summed E-state index contributed by atoms with van der Waals surface area (Å²) in [5, 5.41) is 0.208. The van der Waals surface area contributed by atoms with Crippen LogP contribution in [-0.2, 0) is 6.54 Å². The highest BCUT2D eigenvalue weighted by Crippen LogP contribution is 2.20. The van der Waals surface area contributed by atoms with Crippen LogP contribution in [-0.4, -0.2) is 10.5 Å². The van der Waals surface area contributed by atoms with Crippen molar-refractivity contribution in [3.05, 3.63) is 75.8 Å². The van der Waals surface area contributed by atoms with Crippen LogP contribution < -0.4 is 16.9 Å². The molecule has 0 spiro atoms. The number of anilines is 1. The lowest BCUT2D eigenvalue weighted by atomic mass is 10.1. The number of primary amides is 1. The van der Waals surface area contributed by atoms with Gasteiger partial charge in [-0.05, 0) is 18.2 Å². The predicted molar refractivity (Wildman–Crippen MR) is 86.6 cm³/mol. The summed E-state index contributed by atoms with van der Waals surface area (Å²) in [6, 6.07) is 11.3. The van der Waals surface area contributed by atoms with Gasteiger partial charge in [0, 0.05) is 17.4 Å². The second kappa shape index (κ2) is 5.57. The molecule has 0 aliphatic heterocycles. The molecule has 0 bridgehead atoms. The number of carbonyl (C=O) groups excluding carboxylic acids is 1. The monoisotopic (exact) mass is 311 g/mol. The highest BCUT2D eigenvalue weighted by Gasteiger charge is 2.15. The Bertz CT molecular complexity index is 979. The van der Waals surface area contributed by atoms with Crippen molar-refractivity contribution in [1.29, 1.82) is 0 Å². The number of amides is 1. The second-order valence-corrected chi connectivity index (χ2v) is 5.20. The van der Waals surface area contributed by atoms with Crippen LogP contribution in [0.1, 0.15) is 15.9 Å². The van der Waals surface area contributed by atoms with Crippen molar-refractivity contribution < 1.29 is 9.18 Å². The summed E-state index contributed by atoms with van der Waals surface area (Å²) in [7, 11) is 0. The summed E-state index contributed by atoms with van der Waals surface area (Å²) in [4.78, 5) is 23.9. The summed E-state index contributed by atoms with van der Waals surface area (Å²) >= 11 is 0. The molecule has 3 aromatic rings. The Morgan fingerprint density at radius 1 is 1.13 bits per heavy atom. The smallest absolute Gasteiger partial charge is 0.254 e. The number of hydrogen-bond acceptors (Lipinski definition) is 3. The first-order valence-corrected chi connectivity index (χ1v) is 6.94. The molecule has 1 aromatic heterocycles. The first-order chi connectivity index (χ1) is 11.0. The number of hydrogen-bond donors (Lipinski definition) is 2. The molecule has 4 N–H and O–H groups in total. The Morgan fingerprint density at radius 3 is 2.57 bits per heavy atom. The summed E-state index contributed by atoms with van der Waals surface area (Å²) in [5.41, 5.74) is 11.7. The summed E-state index contributed by atoms with van der Waals surface area (Å²) in [5.74, 6) is -1.22. The number of rotatable bonds is 3. The quantitative estimate of drug-likeness (QED) is 0.723. The molecule has 5 nitrogen and oxygen atoms in total. The Morgan fingerprint density at radius 2 is 1.87 bits per heavy atom. The minimum absolute atomic E-state index is 0.146. The van der Waals surface area contributed by atoms with E-state index in [4.69, 9.17) is 11.5 Å². The lowest BCUT2D eigenvalue weighted by molar-refractivity contribution is 0.0999. The highest BCUT2D eigenvalue weighted by atomic mass is 19.1. The van der Waals surface area contributed by atoms with E-state index in [-0.39, 0.29) is 29.0 Å². The maximum atomic E-state index is 13.9. The van der Waals surface area contributed by atoms with Crippen molar-refractivity contribution in [3.8, 4) is 0 Å². The van der Waals surface area contributed by atoms with Crippen molar-refractivity contribution in [3.63, 3.8) is 0 Å². The van der Waals surface area contributed by atoms with Gasteiger partial charge in [-0.1, -0.05) is 24.3 Å². The SMILES string of the molecule is NC(=O)c1cn(Cc2ccccc2F)c2cccc(N)c2c1=O. The normalized spacial score (nSPS) is 10.8. The number of nitrogens with zero attached hydrogens (tertiary/aromatic N) is 1. The molecule has 3 rings (SSSR count). The maximum absolute atomic E-state index is 13.9. The first-order valence-electron chi connectivity index (χ1n) is 6.94. The largest absolute Gasteiger partial charge is 0.398 e. The second-order valence-electron chi connectivity index (χ2n) is 5.20. The molecule has 0 aliphatic carbocycles.